The fraction of sp³-hybridized carbons (Fsp3) is 0.286. The van der Waals surface area contributed by atoms with Crippen LogP contribution in [0.25, 0.3) is 0 Å². The van der Waals surface area contributed by atoms with Crippen LogP contribution >= 0.6 is 0 Å². The van der Waals surface area contributed by atoms with Crippen molar-refractivity contribution in [1.82, 2.24) is 0 Å². The van der Waals surface area contributed by atoms with Gasteiger partial charge in [0.05, 0.1) is 0 Å². The summed E-state index contributed by atoms with van der Waals surface area (Å²) in [4.78, 5) is 0. The van der Waals surface area contributed by atoms with E-state index < -0.39 is 0 Å². The summed E-state index contributed by atoms with van der Waals surface area (Å²) in [7, 11) is 0. The third kappa shape index (κ3) is 5.74. The second kappa shape index (κ2) is 8.68. The Bertz CT molecular complexity index is 269. The maximum Gasteiger partial charge on any atom is 2.00 e. The molecule has 0 aliphatic carbocycles. The topological polar surface area (TPSA) is 0 Å². The molecule has 2 aromatic carbocycles. The van der Waals surface area contributed by atoms with Gasteiger partial charge in [0.2, 0.25) is 0 Å². The largest absolute Gasteiger partial charge is 2.00 e. The first kappa shape index (κ1) is 14.4. The fourth-order valence-corrected chi connectivity index (χ4v) is 1.30. The molecule has 0 saturated carbocycles. The maximum atomic E-state index is 2.16. The number of hydrogen-bond donors (Lipinski definition) is 0. The molecule has 2 aromatic rings. The van der Waals surface area contributed by atoms with E-state index in [9.17, 15) is 0 Å². The second-order valence-corrected chi connectivity index (χ2v) is 3.29. The predicted molar refractivity (Wildman–Crippen MR) is 62.8 cm³/mol. The quantitative estimate of drug-likeness (QED) is 0.703. The Morgan fingerprint density at radius 3 is 1.07 bits per heavy atom. The normalized spacial score (nSPS) is 8.67. The minimum atomic E-state index is 0. The van der Waals surface area contributed by atoms with Crippen molar-refractivity contribution in [3.8, 4) is 0 Å². The summed E-state index contributed by atoms with van der Waals surface area (Å²) in [5.74, 6) is 0. The van der Waals surface area contributed by atoms with Crippen LogP contribution in [-0.2, 0) is 33.9 Å². The van der Waals surface area contributed by atoms with Crippen LogP contribution in [0.4, 0.5) is 0 Å². The van der Waals surface area contributed by atoms with E-state index in [0.29, 0.717) is 0 Å². The Morgan fingerprint density at radius 2 is 0.933 bits per heavy atom. The number of aryl methyl sites for hydroxylation is 2. The van der Waals surface area contributed by atoms with Gasteiger partial charge < -0.3 is 0 Å². The third-order valence-corrected chi connectivity index (χ3v) is 2.28. The molecule has 15 heavy (non-hydrogen) atoms. The molecule has 0 unspecified atom stereocenters. The van der Waals surface area contributed by atoms with E-state index in [-0.39, 0.29) is 21.1 Å². The van der Waals surface area contributed by atoms with Crippen LogP contribution in [-0.4, -0.2) is 0 Å². The first-order chi connectivity index (χ1) is 6.86. The Kier molecular flexibility index (Phi) is 8.32. The van der Waals surface area contributed by atoms with Gasteiger partial charge in [0, 0.05) is 0 Å². The molecule has 0 spiro atoms. The van der Waals surface area contributed by atoms with Crippen molar-refractivity contribution in [2.45, 2.75) is 26.7 Å². The zero-order valence-electron chi connectivity index (χ0n) is 9.44. The van der Waals surface area contributed by atoms with E-state index in [1.54, 1.807) is 0 Å². The van der Waals surface area contributed by atoms with E-state index in [1.807, 2.05) is 0 Å². The SMILES string of the molecule is CC[c-]1cccc1.CC[c-]1cccc1.[W+2]. The van der Waals surface area contributed by atoms with Crippen molar-refractivity contribution in [2.24, 2.45) is 0 Å². The summed E-state index contributed by atoms with van der Waals surface area (Å²) in [5, 5.41) is 0. The van der Waals surface area contributed by atoms with Crippen LogP contribution in [0.3, 0.4) is 0 Å². The Hall–Kier alpha value is -0.612. The summed E-state index contributed by atoms with van der Waals surface area (Å²) in [5.41, 5.74) is 2.86. The summed E-state index contributed by atoms with van der Waals surface area (Å²) >= 11 is 0. The Balaban J connectivity index is 0.000000245. The van der Waals surface area contributed by atoms with Gasteiger partial charge in [0.1, 0.15) is 0 Å². The van der Waals surface area contributed by atoms with E-state index in [4.69, 9.17) is 0 Å². The van der Waals surface area contributed by atoms with Gasteiger partial charge >= 0.3 is 21.1 Å². The van der Waals surface area contributed by atoms with Crippen LogP contribution in [0.5, 0.6) is 0 Å². The standard InChI is InChI=1S/2C7H9.W/c2*1-2-7-5-3-4-6-7;/h2*3-6H,2H2,1H3;/q2*-1;+2. The minimum absolute atomic E-state index is 0. The van der Waals surface area contributed by atoms with E-state index in [2.05, 4.69) is 62.4 Å². The van der Waals surface area contributed by atoms with Crippen molar-refractivity contribution in [3.63, 3.8) is 0 Å². The second-order valence-electron chi connectivity index (χ2n) is 3.29. The predicted octanol–water partition coefficient (Wildman–Crippen LogP) is 3.93. The number of rotatable bonds is 2. The monoisotopic (exact) mass is 370 g/mol. The van der Waals surface area contributed by atoms with Gasteiger partial charge in [-0.25, -0.2) is 24.3 Å². The number of hydrogen-bond acceptors (Lipinski definition) is 0. The van der Waals surface area contributed by atoms with Gasteiger partial charge in [0.15, 0.2) is 0 Å². The molecule has 0 amide bonds. The van der Waals surface area contributed by atoms with Crippen molar-refractivity contribution < 1.29 is 21.1 Å². The van der Waals surface area contributed by atoms with Gasteiger partial charge in [0.25, 0.3) is 0 Å². The van der Waals surface area contributed by atoms with Crippen molar-refractivity contribution in [3.05, 3.63) is 59.7 Å². The molecule has 0 aliphatic rings. The first-order valence-electron chi connectivity index (χ1n) is 5.28. The molecule has 0 heterocycles. The van der Waals surface area contributed by atoms with Crippen LogP contribution < -0.4 is 0 Å². The van der Waals surface area contributed by atoms with Gasteiger partial charge in [-0.15, -0.1) is 0 Å². The summed E-state index contributed by atoms with van der Waals surface area (Å²) in [6.45, 7) is 4.32. The zero-order chi connectivity index (χ0) is 10.2. The molecule has 0 N–H and O–H groups in total. The smallest absolute Gasteiger partial charge is 0.213 e. The molecule has 0 radical (unpaired) electrons. The van der Waals surface area contributed by atoms with Crippen molar-refractivity contribution >= 4 is 0 Å². The molecular formula is C14H18W. The van der Waals surface area contributed by atoms with Gasteiger partial charge in [-0.2, -0.15) is 35.4 Å². The zero-order valence-corrected chi connectivity index (χ0v) is 12.4. The van der Waals surface area contributed by atoms with Gasteiger partial charge in [-0.1, -0.05) is 26.7 Å². The van der Waals surface area contributed by atoms with Crippen LogP contribution in [0.15, 0.2) is 48.5 Å². The molecule has 80 valence electrons. The molecule has 0 atom stereocenters. The van der Waals surface area contributed by atoms with Gasteiger partial charge in [-0.05, 0) is 0 Å². The Morgan fingerprint density at radius 1 is 0.667 bits per heavy atom. The summed E-state index contributed by atoms with van der Waals surface area (Å²) in [6, 6.07) is 16.8. The summed E-state index contributed by atoms with van der Waals surface area (Å²) < 4.78 is 0. The van der Waals surface area contributed by atoms with E-state index in [0.717, 1.165) is 12.8 Å². The van der Waals surface area contributed by atoms with E-state index >= 15 is 0 Å². The molecule has 2 rings (SSSR count). The van der Waals surface area contributed by atoms with Crippen molar-refractivity contribution in [2.75, 3.05) is 0 Å². The van der Waals surface area contributed by atoms with Crippen molar-refractivity contribution in [1.29, 1.82) is 0 Å². The molecule has 1 heteroatoms. The molecule has 0 fully saturated rings. The molecule has 0 aliphatic heterocycles. The average molecular weight is 370 g/mol. The van der Waals surface area contributed by atoms with Crippen LogP contribution in [0.2, 0.25) is 0 Å². The first-order valence-corrected chi connectivity index (χ1v) is 5.28. The fourth-order valence-electron chi connectivity index (χ4n) is 1.30. The minimum Gasteiger partial charge on any atom is -0.213 e. The molecule has 0 saturated heterocycles. The molecular weight excluding hydrogens is 352 g/mol. The average Bonchev–Trinajstić information content (AvgIpc) is 2.92. The molecule has 0 aromatic heterocycles. The maximum absolute atomic E-state index is 2.16. The van der Waals surface area contributed by atoms with Crippen LogP contribution in [0.1, 0.15) is 25.0 Å². The van der Waals surface area contributed by atoms with E-state index in [1.165, 1.54) is 11.1 Å². The van der Waals surface area contributed by atoms with Crippen LogP contribution in [0, 0.1) is 0 Å². The molecule has 0 nitrogen and oxygen atoms in total. The Labute approximate surface area is 107 Å². The third-order valence-electron chi connectivity index (χ3n) is 2.28. The van der Waals surface area contributed by atoms with Gasteiger partial charge in [-0.3, -0.25) is 0 Å². The molecule has 0 bridgehead atoms. The summed E-state index contributed by atoms with van der Waals surface area (Å²) in [6.07, 6.45) is 2.32.